The Kier molecular flexibility index (Phi) is 8.32. The summed E-state index contributed by atoms with van der Waals surface area (Å²) in [5.41, 5.74) is 1.48. The summed E-state index contributed by atoms with van der Waals surface area (Å²) in [6.45, 7) is 6.02. The summed E-state index contributed by atoms with van der Waals surface area (Å²) in [6.07, 6.45) is 5.35. The number of hydrogen-bond acceptors (Lipinski definition) is 3. The zero-order valence-electron chi connectivity index (χ0n) is 19.5. The van der Waals surface area contributed by atoms with E-state index in [9.17, 15) is 9.59 Å². The summed E-state index contributed by atoms with van der Waals surface area (Å²) >= 11 is 0. The molecule has 3 rings (SSSR count). The third-order valence-corrected chi connectivity index (χ3v) is 5.77. The first-order chi connectivity index (χ1) is 15.3. The van der Waals surface area contributed by atoms with Crippen molar-refractivity contribution < 1.29 is 14.3 Å². The van der Waals surface area contributed by atoms with Crippen molar-refractivity contribution in [1.82, 2.24) is 10.2 Å². The maximum absolute atomic E-state index is 13.9. The number of hydrogen-bond donors (Lipinski definition) is 1. The van der Waals surface area contributed by atoms with Gasteiger partial charge in [-0.1, -0.05) is 79.9 Å². The highest BCUT2D eigenvalue weighted by atomic mass is 16.6. The summed E-state index contributed by atoms with van der Waals surface area (Å²) in [5.74, 6) is -0.0459. The summed E-state index contributed by atoms with van der Waals surface area (Å²) in [4.78, 5) is 28.5. The van der Waals surface area contributed by atoms with Crippen LogP contribution in [0.4, 0.5) is 4.79 Å². The number of carbonyl (C=O) groups excluding carboxylic acids is 2. The average molecular weight is 437 g/mol. The van der Waals surface area contributed by atoms with Crippen molar-refractivity contribution in [1.29, 1.82) is 0 Å². The molecule has 5 heteroatoms. The van der Waals surface area contributed by atoms with E-state index in [1.165, 1.54) is 6.42 Å². The first-order valence-electron chi connectivity index (χ1n) is 11.7. The van der Waals surface area contributed by atoms with E-state index in [0.717, 1.165) is 36.8 Å². The molecule has 1 aliphatic carbocycles. The zero-order chi connectivity index (χ0) is 23.0. The molecular formula is C27H36N2O3. The van der Waals surface area contributed by atoms with Gasteiger partial charge in [-0.25, -0.2) is 4.79 Å². The summed E-state index contributed by atoms with van der Waals surface area (Å²) in [7, 11) is 0. The minimum atomic E-state index is -0.683. The van der Waals surface area contributed by atoms with Crippen LogP contribution < -0.4 is 5.32 Å². The molecule has 0 unspecified atom stereocenters. The molecule has 0 spiro atoms. The van der Waals surface area contributed by atoms with E-state index in [4.69, 9.17) is 4.74 Å². The van der Waals surface area contributed by atoms with Gasteiger partial charge in [0.1, 0.15) is 11.6 Å². The van der Waals surface area contributed by atoms with Crippen LogP contribution in [-0.2, 0) is 22.5 Å². The average Bonchev–Trinajstić information content (AvgIpc) is 2.77. The fourth-order valence-corrected chi connectivity index (χ4v) is 4.26. The lowest BCUT2D eigenvalue weighted by Crippen LogP contribution is -2.53. The highest BCUT2D eigenvalue weighted by molar-refractivity contribution is 5.86. The molecule has 5 nitrogen and oxygen atoms in total. The highest BCUT2D eigenvalue weighted by Gasteiger charge is 2.32. The van der Waals surface area contributed by atoms with E-state index in [-0.39, 0.29) is 11.9 Å². The molecule has 1 aliphatic rings. The standard InChI is InChI=1S/C27H36N2O3/c1-27(2,3)32-26(31)28-24(19-21-13-7-4-8-14-21)25(30)29(23-17-11-6-12-18-23)20-22-15-9-5-10-16-22/h4-5,7-10,13-16,23-24H,6,11-12,17-20H2,1-3H3,(H,28,31)/t24-/m0/s1. The van der Waals surface area contributed by atoms with Crippen molar-refractivity contribution in [3.05, 3.63) is 71.8 Å². The monoisotopic (exact) mass is 436 g/mol. The Morgan fingerprint density at radius 1 is 0.938 bits per heavy atom. The van der Waals surface area contributed by atoms with Gasteiger partial charge in [0.15, 0.2) is 0 Å². The zero-order valence-corrected chi connectivity index (χ0v) is 19.5. The van der Waals surface area contributed by atoms with Crippen LogP contribution in [0.15, 0.2) is 60.7 Å². The lowest BCUT2D eigenvalue weighted by Gasteiger charge is -2.37. The van der Waals surface area contributed by atoms with Gasteiger partial charge in [0.05, 0.1) is 0 Å². The Morgan fingerprint density at radius 3 is 2.06 bits per heavy atom. The van der Waals surface area contributed by atoms with E-state index in [1.807, 2.05) is 74.2 Å². The molecule has 32 heavy (non-hydrogen) atoms. The molecule has 1 atom stereocenters. The third-order valence-electron chi connectivity index (χ3n) is 5.77. The fraction of sp³-hybridized carbons (Fsp3) is 0.481. The van der Waals surface area contributed by atoms with Gasteiger partial charge < -0.3 is 15.0 Å². The molecule has 0 aliphatic heterocycles. The smallest absolute Gasteiger partial charge is 0.408 e. The number of alkyl carbamates (subject to hydrolysis) is 1. The van der Waals surface area contributed by atoms with Crippen molar-refractivity contribution in [3.8, 4) is 0 Å². The van der Waals surface area contributed by atoms with Crippen LogP contribution >= 0.6 is 0 Å². The number of ether oxygens (including phenoxy) is 1. The molecule has 0 saturated heterocycles. The van der Waals surface area contributed by atoms with Crippen molar-refractivity contribution in [3.63, 3.8) is 0 Å². The van der Waals surface area contributed by atoms with Crippen molar-refractivity contribution in [2.45, 2.75) is 83.5 Å². The third kappa shape index (κ3) is 7.40. The fourth-order valence-electron chi connectivity index (χ4n) is 4.26. The van der Waals surface area contributed by atoms with Crippen LogP contribution in [0.1, 0.15) is 64.0 Å². The molecule has 2 aromatic carbocycles. The van der Waals surface area contributed by atoms with Crippen molar-refractivity contribution in [2.75, 3.05) is 0 Å². The summed E-state index contributed by atoms with van der Waals surface area (Å²) in [6, 6.07) is 19.4. The molecule has 1 saturated carbocycles. The van der Waals surface area contributed by atoms with Crippen molar-refractivity contribution >= 4 is 12.0 Å². The molecule has 172 valence electrons. The van der Waals surface area contributed by atoms with Crippen molar-refractivity contribution in [2.24, 2.45) is 0 Å². The maximum Gasteiger partial charge on any atom is 0.408 e. The van der Waals surface area contributed by atoms with Gasteiger partial charge in [-0.3, -0.25) is 4.79 Å². The maximum atomic E-state index is 13.9. The molecule has 1 fully saturated rings. The van der Waals surface area contributed by atoms with Crippen LogP contribution in [0.2, 0.25) is 0 Å². The molecular weight excluding hydrogens is 400 g/mol. The van der Waals surface area contributed by atoms with Crippen LogP contribution in [0.25, 0.3) is 0 Å². The molecule has 0 heterocycles. The number of nitrogens with one attached hydrogen (secondary N) is 1. The van der Waals surface area contributed by atoms with Gasteiger partial charge in [0.25, 0.3) is 0 Å². The van der Waals surface area contributed by atoms with Gasteiger partial charge in [-0.05, 0) is 44.7 Å². The van der Waals surface area contributed by atoms with Gasteiger partial charge in [0, 0.05) is 19.0 Å². The van der Waals surface area contributed by atoms with E-state index in [1.54, 1.807) is 0 Å². The SMILES string of the molecule is CC(C)(C)OC(=O)N[C@@H](Cc1ccccc1)C(=O)N(Cc1ccccc1)C1CCCCC1. The van der Waals surface area contributed by atoms with E-state index < -0.39 is 17.7 Å². The summed E-state index contributed by atoms with van der Waals surface area (Å²) in [5, 5.41) is 2.87. The van der Waals surface area contributed by atoms with Crippen LogP contribution in [-0.4, -0.2) is 34.6 Å². The molecule has 0 radical (unpaired) electrons. The minimum Gasteiger partial charge on any atom is -0.444 e. The molecule has 2 aromatic rings. The predicted molar refractivity (Wildman–Crippen MR) is 127 cm³/mol. The lowest BCUT2D eigenvalue weighted by molar-refractivity contribution is -0.137. The second kappa shape index (κ2) is 11.2. The number of carbonyl (C=O) groups is 2. The Bertz CT molecular complexity index is 855. The first-order valence-corrected chi connectivity index (χ1v) is 11.7. The lowest BCUT2D eigenvalue weighted by atomic mass is 9.92. The largest absolute Gasteiger partial charge is 0.444 e. The Labute approximate surface area is 192 Å². The van der Waals surface area contributed by atoms with Crippen LogP contribution in [0, 0.1) is 0 Å². The van der Waals surface area contributed by atoms with Gasteiger partial charge in [-0.15, -0.1) is 0 Å². The summed E-state index contributed by atoms with van der Waals surface area (Å²) < 4.78 is 5.48. The minimum absolute atomic E-state index is 0.0459. The normalized spacial score (nSPS) is 15.6. The number of amides is 2. The van der Waals surface area contributed by atoms with Gasteiger partial charge in [0.2, 0.25) is 5.91 Å². The van der Waals surface area contributed by atoms with E-state index >= 15 is 0 Å². The molecule has 2 amide bonds. The van der Waals surface area contributed by atoms with Gasteiger partial charge in [-0.2, -0.15) is 0 Å². The second-order valence-electron chi connectivity index (χ2n) is 9.63. The highest BCUT2D eigenvalue weighted by Crippen LogP contribution is 2.25. The molecule has 0 aromatic heterocycles. The molecule has 1 N–H and O–H groups in total. The quantitative estimate of drug-likeness (QED) is 0.625. The molecule has 0 bridgehead atoms. The Hall–Kier alpha value is -2.82. The predicted octanol–water partition coefficient (Wildman–Crippen LogP) is 5.48. The van der Waals surface area contributed by atoms with E-state index in [0.29, 0.717) is 13.0 Å². The first kappa shape index (κ1) is 23.8. The Balaban J connectivity index is 1.85. The van der Waals surface area contributed by atoms with Crippen LogP contribution in [0.5, 0.6) is 0 Å². The number of benzene rings is 2. The van der Waals surface area contributed by atoms with E-state index in [2.05, 4.69) is 17.4 Å². The number of nitrogens with zero attached hydrogens (tertiary/aromatic N) is 1. The number of rotatable bonds is 7. The van der Waals surface area contributed by atoms with Crippen LogP contribution in [0.3, 0.4) is 0 Å². The Morgan fingerprint density at radius 2 is 1.50 bits per heavy atom. The topological polar surface area (TPSA) is 58.6 Å². The second-order valence-corrected chi connectivity index (χ2v) is 9.63. The van der Waals surface area contributed by atoms with Gasteiger partial charge >= 0.3 is 6.09 Å².